The summed E-state index contributed by atoms with van der Waals surface area (Å²) in [5, 5.41) is 4.45. The molecule has 0 spiro atoms. The smallest absolute Gasteiger partial charge is 0.271 e. The van der Waals surface area contributed by atoms with Gasteiger partial charge in [-0.2, -0.15) is 5.10 Å². The van der Waals surface area contributed by atoms with Crippen LogP contribution in [0.1, 0.15) is 38.5 Å². The average Bonchev–Trinajstić information content (AvgIpc) is 3.24. The van der Waals surface area contributed by atoms with E-state index in [1.807, 2.05) is 72.8 Å². The molecule has 8 rings (SSSR count). The highest BCUT2D eigenvalue weighted by Crippen LogP contribution is 2.63. The summed E-state index contributed by atoms with van der Waals surface area (Å²) in [5.74, 6) is -2.31. The molecule has 2 atom stereocenters. The zero-order chi connectivity index (χ0) is 25.9. The number of amides is 3. The highest BCUT2D eigenvalue weighted by molar-refractivity contribution is 6.25. The first-order valence-electron chi connectivity index (χ1n) is 12.6. The molecule has 1 aliphatic heterocycles. The molecule has 6 heteroatoms. The number of rotatable bonds is 4. The quantitative estimate of drug-likeness (QED) is 0.253. The molecule has 1 saturated heterocycles. The SMILES string of the molecule is O=C(N/N=C\C12c3ccccc3C(c3ccccc31)[C@H]1C(=O)N(c3ccccc3)C(=O)[C@@H]12)c1ccccc1. The summed E-state index contributed by atoms with van der Waals surface area (Å²) < 4.78 is 0. The van der Waals surface area contributed by atoms with Crippen LogP contribution >= 0.6 is 0 Å². The molecule has 2 bridgehead atoms. The van der Waals surface area contributed by atoms with Crippen molar-refractivity contribution in [2.75, 3.05) is 4.90 Å². The van der Waals surface area contributed by atoms with Crippen LogP contribution in [0.5, 0.6) is 0 Å². The number of benzene rings is 4. The third-order valence-corrected chi connectivity index (χ3v) is 8.17. The molecule has 0 aromatic heterocycles. The fourth-order valence-electron chi connectivity index (χ4n) is 6.73. The average molecular weight is 498 g/mol. The Balaban J connectivity index is 1.42. The number of hydrazone groups is 1. The number of imide groups is 1. The first kappa shape index (κ1) is 22.4. The molecule has 1 N–H and O–H groups in total. The number of nitrogens with one attached hydrogen (secondary N) is 1. The van der Waals surface area contributed by atoms with E-state index >= 15 is 0 Å². The van der Waals surface area contributed by atoms with Crippen LogP contribution in [0.2, 0.25) is 0 Å². The Morgan fingerprint density at radius 3 is 1.92 bits per heavy atom. The predicted octanol–water partition coefficient (Wildman–Crippen LogP) is 4.65. The van der Waals surface area contributed by atoms with E-state index in [9.17, 15) is 14.4 Å². The van der Waals surface area contributed by atoms with Gasteiger partial charge in [0.2, 0.25) is 11.8 Å². The predicted molar refractivity (Wildman–Crippen MR) is 144 cm³/mol. The third kappa shape index (κ3) is 2.94. The normalized spacial score (nSPS) is 24.7. The van der Waals surface area contributed by atoms with Crippen LogP contribution in [0, 0.1) is 11.8 Å². The van der Waals surface area contributed by atoms with E-state index in [-0.39, 0.29) is 23.6 Å². The maximum atomic E-state index is 14.2. The molecule has 4 aliphatic rings. The molecule has 184 valence electrons. The third-order valence-electron chi connectivity index (χ3n) is 8.17. The van der Waals surface area contributed by atoms with Crippen LogP contribution < -0.4 is 10.3 Å². The summed E-state index contributed by atoms with van der Waals surface area (Å²) in [5.41, 5.74) is 6.60. The molecule has 0 saturated carbocycles. The van der Waals surface area contributed by atoms with E-state index < -0.39 is 17.3 Å². The molecule has 3 amide bonds. The van der Waals surface area contributed by atoms with Crippen molar-refractivity contribution in [3.8, 4) is 0 Å². The summed E-state index contributed by atoms with van der Waals surface area (Å²) in [6, 6.07) is 33.9. The van der Waals surface area contributed by atoms with Gasteiger partial charge >= 0.3 is 0 Å². The summed E-state index contributed by atoms with van der Waals surface area (Å²) >= 11 is 0. The van der Waals surface area contributed by atoms with E-state index in [0.717, 1.165) is 22.3 Å². The molecule has 4 aromatic carbocycles. The monoisotopic (exact) mass is 497 g/mol. The largest absolute Gasteiger partial charge is 0.274 e. The Morgan fingerprint density at radius 1 is 0.737 bits per heavy atom. The first-order valence-corrected chi connectivity index (χ1v) is 12.6. The summed E-state index contributed by atoms with van der Waals surface area (Å²) in [7, 11) is 0. The lowest BCUT2D eigenvalue weighted by Crippen LogP contribution is -2.54. The second-order valence-corrected chi connectivity index (χ2v) is 9.94. The molecule has 1 fully saturated rings. The van der Waals surface area contributed by atoms with Gasteiger partial charge in [0.05, 0.1) is 22.9 Å². The van der Waals surface area contributed by atoms with Gasteiger partial charge in [-0.25, -0.2) is 10.3 Å². The van der Waals surface area contributed by atoms with E-state index in [1.165, 1.54) is 4.90 Å². The van der Waals surface area contributed by atoms with Gasteiger partial charge in [-0.15, -0.1) is 0 Å². The lowest BCUT2D eigenvalue weighted by Gasteiger charge is -2.52. The molecule has 6 nitrogen and oxygen atoms in total. The van der Waals surface area contributed by atoms with Crippen molar-refractivity contribution in [2.45, 2.75) is 11.3 Å². The minimum Gasteiger partial charge on any atom is -0.274 e. The fourth-order valence-corrected chi connectivity index (χ4v) is 6.73. The summed E-state index contributed by atoms with van der Waals surface area (Å²) in [4.78, 5) is 42.4. The Hall–Kier alpha value is -4.84. The van der Waals surface area contributed by atoms with E-state index in [4.69, 9.17) is 0 Å². The van der Waals surface area contributed by atoms with Gasteiger partial charge in [-0.05, 0) is 46.5 Å². The summed E-state index contributed by atoms with van der Waals surface area (Å²) in [6.07, 6.45) is 1.68. The Kier molecular flexibility index (Phi) is 4.91. The number of anilines is 1. The maximum absolute atomic E-state index is 14.2. The molecule has 0 unspecified atom stereocenters. The Bertz CT molecular complexity index is 1580. The molecular weight excluding hydrogens is 474 g/mol. The standard InChI is InChI=1S/C32H23N3O3/c36-29(20-11-3-1-4-12-20)34-33-19-32-24-17-9-7-15-22(24)26(23-16-8-10-18-25(23)32)27-28(32)31(38)35(30(27)37)21-13-5-2-6-14-21/h1-19,26-28H,(H,34,36)/b33-19-/t26?,27-,28-,32?/m1/s1. The zero-order valence-corrected chi connectivity index (χ0v) is 20.3. The van der Waals surface area contributed by atoms with Crippen LogP contribution in [0.4, 0.5) is 5.69 Å². The van der Waals surface area contributed by atoms with Gasteiger partial charge in [0, 0.05) is 17.7 Å². The topological polar surface area (TPSA) is 78.8 Å². The minimum atomic E-state index is -1.02. The van der Waals surface area contributed by atoms with Crippen molar-refractivity contribution < 1.29 is 14.4 Å². The van der Waals surface area contributed by atoms with Gasteiger partial charge in [0.25, 0.3) is 5.91 Å². The van der Waals surface area contributed by atoms with E-state index in [0.29, 0.717) is 11.3 Å². The van der Waals surface area contributed by atoms with Crippen LogP contribution in [0.25, 0.3) is 0 Å². The number of para-hydroxylation sites is 1. The van der Waals surface area contributed by atoms with Crippen LogP contribution in [0.3, 0.4) is 0 Å². The highest BCUT2D eigenvalue weighted by atomic mass is 16.2. The second-order valence-electron chi connectivity index (χ2n) is 9.94. The first-order chi connectivity index (χ1) is 18.6. The van der Waals surface area contributed by atoms with Crippen molar-refractivity contribution in [3.05, 3.63) is 137 Å². The number of hydrogen-bond donors (Lipinski definition) is 1. The lowest BCUT2D eigenvalue weighted by molar-refractivity contribution is -0.122. The maximum Gasteiger partial charge on any atom is 0.271 e. The highest BCUT2D eigenvalue weighted by Gasteiger charge is 2.68. The Labute approximate surface area is 219 Å². The molecule has 38 heavy (non-hydrogen) atoms. The van der Waals surface area contributed by atoms with Gasteiger partial charge in [-0.1, -0.05) is 84.9 Å². The molecule has 1 heterocycles. The number of nitrogens with zero attached hydrogens (tertiary/aromatic N) is 2. The Morgan fingerprint density at radius 2 is 1.29 bits per heavy atom. The molecular formula is C32H23N3O3. The van der Waals surface area contributed by atoms with E-state index in [2.05, 4.69) is 10.5 Å². The van der Waals surface area contributed by atoms with Gasteiger partial charge in [0.15, 0.2) is 0 Å². The number of carbonyl (C=O) groups excluding carboxylic acids is 3. The van der Waals surface area contributed by atoms with Crippen molar-refractivity contribution in [3.63, 3.8) is 0 Å². The summed E-state index contributed by atoms with van der Waals surface area (Å²) in [6.45, 7) is 0. The van der Waals surface area contributed by atoms with Crippen LogP contribution in [0.15, 0.2) is 114 Å². The van der Waals surface area contributed by atoms with Gasteiger partial charge in [-0.3, -0.25) is 14.4 Å². The zero-order valence-electron chi connectivity index (χ0n) is 20.3. The number of hydrogen-bond acceptors (Lipinski definition) is 4. The van der Waals surface area contributed by atoms with Crippen LogP contribution in [-0.2, 0) is 15.0 Å². The van der Waals surface area contributed by atoms with Crippen molar-refractivity contribution in [1.29, 1.82) is 0 Å². The van der Waals surface area contributed by atoms with Gasteiger partial charge < -0.3 is 0 Å². The van der Waals surface area contributed by atoms with Crippen molar-refractivity contribution in [2.24, 2.45) is 16.9 Å². The fraction of sp³-hybridized carbons (Fsp3) is 0.125. The number of carbonyl (C=O) groups is 3. The minimum absolute atomic E-state index is 0.202. The van der Waals surface area contributed by atoms with Crippen molar-refractivity contribution in [1.82, 2.24) is 5.43 Å². The molecule has 4 aromatic rings. The molecule has 3 aliphatic carbocycles. The van der Waals surface area contributed by atoms with Crippen LogP contribution in [-0.4, -0.2) is 23.9 Å². The van der Waals surface area contributed by atoms with E-state index in [1.54, 1.807) is 42.6 Å². The lowest BCUT2D eigenvalue weighted by atomic mass is 9.47. The van der Waals surface area contributed by atoms with Crippen molar-refractivity contribution >= 4 is 29.6 Å². The molecule has 0 radical (unpaired) electrons. The second kappa shape index (κ2) is 8.35. The van der Waals surface area contributed by atoms with Gasteiger partial charge in [0.1, 0.15) is 0 Å².